The van der Waals surface area contributed by atoms with Gasteiger partial charge in [-0.3, -0.25) is 4.55 Å². The summed E-state index contributed by atoms with van der Waals surface area (Å²) in [5.74, 6) is -37.5. The van der Waals surface area contributed by atoms with Gasteiger partial charge in [-0.05, 0) is 12.8 Å². The Balaban J connectivity index is 5.90. The van der Waals surface area contributed by atoms with Crippen molar-refractivity contribution < 1.29 is 74.2 Å². The maximum Gasteiger partial charge on any atom is 0.460 e. The minimum absolute atomic E-state index is 0.0231. The Labute approximate surface area is 173 Å². The second-order valence-electron chi connectivity index (χ2n) is 6.68. The van der Waals surface area contributed by atoms with Gasteiger partial charge in [0.15, 0.2) is 0 Å². The predicted molar refractivity (Wildman–Crippen MR) is 80.6 cm³/mol. The molecule has 0 aliphatic heterocycles. The Morgan fingerprint density at radius 3 is 1.53 bits per heavy atom. The van der Waals surface area contributed by atoms with Crippen molar-refractivity contribution in [3.63, 3.8) is 0 Å². The van der Waals surface area contributed by atoms with Gasteiger partial charge in [-0.2, -0.15) is 65.5 Å². The lowest BCUT2D eigenvalue weighted by molar-refractivity contribution is -0.440. The van der Waals surface area contributed by atoms with Gasteiger partial charge in [-0.1, -0.05) is 26.2 Å². The largest absolute Gasteiger partial charge is 0.460 e. The number of hydrogen-bond acceptors (Lipinski definition) is 3. The highest BCUT2D eigenvalue weighted by atomic mass is 32.3. The molecule has 0 aliphatic carbocycles. The quantitative estimate of drug-likeness (QED) is 0.174. The van der Waals surface area contributed by atoms with Gasteiger partial charge in [-0.15, -0.1) is 0 Å². The number of halogens is 13. The smallest absolute Gasteiger partial charge is 0.264 e. The molecule has 0 fully saturated rings. The number of rotatable bonds is 13. The third-order valence-electron chi connectivity index (χ3n) is 4.17. The van der Waals surface area contributed by atoms with Gasteiger partial charge in [0.2, 0.25) is 0 Å². The van der Waals surface area contributed by atoms with Crippen LogP contribution in [0.3, 0.4) is 0 Å². The first-order valence-electron chi connectivity index (χ1n) is 8.50. The Hall–Kier alpha value is -1.04. The number of alkyl halides is 13. The van der Waals surface area contributed by atoms with Crippen LogP contribution in [0, 0.1) is 0 Å². The van der Waals surface area contributed by atoms with Crippen LogP contribution in [0.25, 0.3) is 0 Å². The summed E-state index contributed by atoms with van der Waals surface area (Å²) in [7, 11) is -5.38. The van der Waals surface area contributed by atoms with Crippen LogP contribution in [0.5, 0.6) is 0 Å². The lowest BCUT2D eigenvalue weighted by Gasteiger charge is -2.40. The van der Waals surface area contributed by atoms with Crippen LogP contribution >= 0.6 is 0 Å². The number of hydrogen-bond donors (Lipinski definition) is 1. The lowest BCUT2D eigenvalue weighted by Crippen LogP contribution is -2.70. The standard InChI is InChI=1S/C14H17F13O4S/c1-2-3-4-5-8(31-32(28,29)30)6-7-9(15,16)10(17,18)11(19,20)12(21,22)13(23,24)14(25,26)27/h8H,2-7H2,1H3,(H,28,29,30). The van der Waals surface area contributed by atoms with E-state index in [4.69, 9.17) is 4.55 Å². The molecule has 0 spiro atoms. The molecule has 194 valence electrons. The summed E-state index contributed by atoms with van der Waals surface area (Å²) >= 11 is 0. The fourth-order valence-electron chi connectivity index (χ4n) is 2.34. The topological polar surface area (TPSA) is 63.6 Å². The molecular formula is C14H17F13O4S. The first-order valence-corrected chi connectivity index (χ1v) is 9.87. The third kappa shape index (κ3) is 6.30. The fourth-order valence-corrected chi connectivity index (χ4v) is 2.87. The zero-order chi connectivity index (χ0) is 26.0. The van der Waals surface area contributed by atoms with Gasteiger partial charge in [-0.25, -0.2) is 4.18 Å². The molecule has 0 aromatic rings. The third-order valence-corrected chi connectivity index (χ3v) is 4.68. The molecule has 1 N–H and O–H groups in total. The predicted octanol–water partition coefficient (Wildman–Crippen LogP) is 6.27. The van der Waals surface area contributed by atoms with Gasteiger partial charge in [0.1, 0.15) is 0 Å². The minimum atomic E-state index is -8.00. The highest BCUT2D eigenvalue weighted by Gasteiger charge is 2.90. The molecular weight excluding hydrogens is 511 g/mol. The lowest BCUT2D eigenvalue weighted by atomic mass is 9.91. The molecule has 0 saturated heterocycles. The first kappa shape index (κ1) is 31.0. The molecule has 1 unspecified atom stereocenters. The van der Waals surface area contributed by atoms with Crippen LogP contribution in [0.4, 0.5) is 57.1 Å². The zero-order valence-electron chi connectivity index (χ0n) is 15.8. The summed E-state index contributed by atoms with van der Waals surface area (Å²) in [5.41, 5.74) is 0. The molecule has 4 nitrogen and oxygen atoms in total. The molecule has 0 rings (SSSR count). The van der Waals surface area contributed by atoms with E-state index in [1.807, 2.05) is 0 Å². The summed E-state index contributed by atoms with van der Waals surface area (Å²) < 4.78 is 203. The minimum Gasteiger partial charge on any atom is -0.264 e. The van der Waals surface area contributed by atoms with Crippen LogP contribution in [0.15, 0.2) is 0 Å². The average molecular weight is 528 g/mol. The van der Waals surface area contributed by atoms with Crippen LogP contribution < -0.4 is 0 Å². The highest BCUT2D eigenvalue weighted by Crippen LogP contribution is 2.60. The van der Waals surface area contributed by atoms with Crippen molar-refractivity contribution in [2.24, 2.45) is 0 Å². The summed E-state index contributed by atoms with van der Waals surface area (Å²) in [6.45, 7) is 1.60. The maximum absolute atomic E-state index is 13.7. The molecule has 0 bridgehead atoms. The van der Waals surface area contributed by atoms with E-state index in [2.05, 4.69) is 4.18 Å². The first-order chi connectivity index (χ1) is 13.9. The Morgan fingerprint density at radius 2 is 1.16 bits per heavy atom. The van der Waals surface area contributed by atoms with E-state index in [1.54, 1.807) is 6.92 Å². The molecule has 0 aromatic heterocycles. The van der Waals surface area contributed by atoms with Crippen molar-refractivity contribution in [2.75, 3.05) is 0 Å². The van der Waals surface area contributed by atoms with Gasteiger partial charge >= 0.3 is 46.2 Å². The summed E-state index contributed by atoms with van der Waals surface area (Å²) in [6, 6.07) is 0. The molecule has 18 heteroatoms. The highest BCUT2D eigenvalue weighted by molar-refractivity contribution is 7.80. The van der Waals surface area contributed by atoms with Crippen LogP contribution in [-0.4, -0.2) is 54.9 Å². The molecule has 0 aromatic carbocycles. The van der Waals surface area contributed by atoms with Crippen LogP contribution in [0.2, 0.25) is 0 Å². The molecule has 1 atom stereocenters. The van der Waals surface area contributed by atoms with Crippen molar-refractivity contribution >= 4 is 10.4 Å². The van der Waals surface area contributed by atoms with E-state index in [0.717, 1.165) is 0 Å². The molecule has 0 saturated carbocycles. The Bertz CT molecular complexity index is 719. The van der Waals surface area contributed by atoms with E-state index in [0.29, 0.717) is 6.42 Å². The second-order valence-corrected chi connectivity index (χ2v) is 7.73. The van der Waals surface area contributed by atoms with Gasteiger partial charge < -0.3 is 0 Å². The van der Waals surface area contributed by atoms with Crippen LogP contribution in [0.1, 0.15) is 45.4 Å². The molecule has 0 radical (unpaired) electrons. The Morgan fingerprint density at radius 1 is 0.719 bits per heavy atom. The van der Waals surface area contributed by atoms with Crippen LogP contribution in [-0.2, 0) is 14.6 Å². The molecule has 32 heavy (non-hydrogen) atoms. The SMILES string of the molecule is CCCCCC(CCC(F)(F)C(F)(F)C(F)(F)C(F)(F)C(F)(F)C(F)(F)F)OS(=O)(=O)O. The molecule has 0 aliphatic rings. The summed E-state index contributed by atoms with van der Waals surface area (Å²) in [6.07, 6.45) is -13.6. The van der Waals surface area contributed by atoms with E-state index in [1.165, 1.54) is 0 Å². The van der Waals surface area contributed by atoms with E-state index in [-0.39, 0.29) is 12.8 Å². The van der Waals surface area contributed by atoms with Gasteiger partial charge in [0.05, 0.1) is 6.10 Å². The molecule has 0 heterocycles. The zero-order valence-corrected chi connectivity index (χ0v) is 16.6. The Kier molecular flexibility index (Phi) is 9.36. The van der Waals surface area contributed by atoms with E-state index >= 15 is 0 Å². The maximum atomic E-state index is 13.7. The van der Waals surface area contributed by atoms with Crippen molar-refractivity contribution in [1.82, 2.24) is 0 Å². The van der Waals surface area contributed by atoms with Crippen molar-refractivity contribution in [3.8, 4) is 0 Å². The summed E-state index contributed by atoms with van der Waals surface area (Å²) in [5, 5.41) is 0. The van der Waals surface area contributed by atoms with Crippen molar-refractivity contribution in [2.45, 2.75) is 87.3 Å². The van der Waals surface area contributed by atoms with Gasteiger partial charge in [0.25, 0.3) is 0 Å². The summed E-state index contributed by atoms with van der Waals surface area (Å²) in [4.78, 5) is 0. The normalized spacial score (nSPS) is 16.3. The van der Waals surface area contributed by atoms with E-state index in [9.17, 15) is 65.5 Å². The monoisotopic (exact) mass is 528 g/mol. The van der Waals surface area contributed by atoms with Gasteiger partial charge in [0, 0.05) is 6.42 Å². The second kappa shape index (κ2) is 9.68. The number of unbranched alkanes of at least 4 members (excludes halogenated alkanes) is 2. The van der Waals surface area contributed by atoms with E-state index < -0.39 is 71.6 Å². The fraction of sp³-hybridized carbons (Fsp3) is 1.00. The average Bonchev–Trinajstić information content (AvgIpc) is 2.56. The molecule has 0 amide bonds. The van der Waals surface area contributed by atoms with Crippen molar-refractivity contribution in [1.29, 1.82) is 0 Å². The van der Waals surface area contributed by atoms with Crippen molar-refractivity contribution in [3.05, 3.63) is 0 Å².